The number of hydrogen-bond acceptors (Lipinski definition) is 4. The smallest absolute Gasteiger partial charge is 0.211 e. The SMILES string of the molecule is CCS(=O)(=O)N[C@@H](c1cncc(-c2ccc(C#N)c(C)c2)c1)C1CC1. The third-order valence-electron chi connectivity index (χ3n) is 4.58. The van der Waals surface area contributed by atoms with E-state index in [0.29, 0.717) is 11.5 Å². The summed E-state index contributed by atoms with van der Waals surface area (Å²) in [6, 6.07) is 9.60. The number of nitrogens with zero attached hydrogens (tertiary/aromatic N) is 2. The predicted octanol–water partition coefficient (Wildman–Crippen LogP) is 3.32. The molecule has 2 aromatic rings. The van der Waals surface area contributed by atoms with E-state index in [1.807, 2.05) is 25.1 Å². The van der Waals surface area contributed by atoms with Gasteiger partial charge in [-0.05, 0) is 61.4 Å². The lowest BCUT2D eigenvalue weighted by molar-refractivity contribution is 0.529. The van der Waals surface area contributed by atoms with Crippen molar-refractivity contribution in [3.05, 3.63) is 53.3 Å². The molecule has 1 N–H and O–H groups in total. The van der Waals surface area contributed by atoms with Gasteiger partial charge in [-0.1, -0.05) is 12.1 Å². The lowest BCUT2D eigenvalue weighted by Crippen LogP contribution is -2.31. The third-order valence-corrected chi connectivity index (χ3v) is 5.95. The van der Waals surface area contributed by atoms with Gasteiger partial charge in [-0.2, -0.15) is 5.26 Å². The Balaban J connectivity index is 1.95. The Hall–Kier alpha value is -2.23. The molecule has 0 amide bonds. The number of sulfonamides is 1. The fourth-order valence-electron chi connectivity index (χ4n) is 2.90. The van der Waals surface area contributed by atoms with Gasteiger partial charge in [-0.3, -0.25) is 4.98 Å². The first kappa shape index (κ1) is 17.6. The number of benzene rings is 1. The summed E-state index contributed by atoms with van der Waals surface area (Å²) in [5.41, 5.74) is 4.35. The number of aryl methyl sites for hydroxylation is 1. The van der Waals surface area contributed by atoms with Gasteiger partial charge in [0.05, 0.1) is 23.4 Å². The van der Waals surface area contributed by atoms with Crippen LogP contribution < -0.4 is 4.72 Å². The molecule has 1 fully saturated rings. The van der Waals surface area contributed by atoms with Crippen molar-refractivity contribution in [1.29, 1.82) is 5.26 Å². The second-order valence-corrected chi connectivity index (χ2v) is 8.53. The van der Waals surface area contributed by atoms with Gasteiger partial charge in [-0.25, -0.2) is 13.1 Å². The molecule has 0 spiro atoms. The summed E-state index contributed by atoms with van der Waals surface area (Å²) in [6.07, 6.45) is 5.55. The van der Waals surface area contributed by atoms with E-state index < -0.39 is 10.0 Å². The molecule has 1 aromatic heterocycles. The molecule has 0 saturated heterocycles. The maximum Gasteiger partial charge on any atom is 0.211 e. The minimum absolute atomic E-state index is 0.0676. The topological polar surface area (TPSA) is 82.8 Å². The third kappa shape index (κ3) is 4.06. The van der Waals surface area contributed by atoms with Gasteiger partial charge < -0.3 is 0 Å². The molecular formula is C19H21N3O2S. The summed E-state index contributed by atoms with van der Waals surface area (Å²) in [7, 11) is -3.28. The molecule has 25 heavy (non-hydrogen) atoms. The van der Waals surface area contributed by atoms with Crippen molar-refractivity contribution < 1.29 is 8.42 Å². The Morgan fingerprint density at radius 1 is 1.28 bits per heavy atom. The number of rotatable bonds is 6. The van der Waals surface area contributed by atoms with Crippen molar-refractivity contribution in [2.24, 2.45) is 5.92 Å². The molecule has 1 atom stereocenters. The van der Waals surface area contributed by atoms with Crippen molar-refractivity contribution in [3.8, 4) is 17.2 Å². The van der Waals surface area contributed by atoms with E-state index in [9.17, 15) is 8.42 Å². The molecule has 0 radical (unpaired) electrons. The van der Waals surface area contributed by atoms with E-state index in [2.05, 4.69) is 15.8 Å². The number of nitrogens with one attached hydrogen (secondary N) is 1. The van der Waals surface area contributed by atoms with Crippen LogP contribution in [-0.2, 0) is 10.0 Å². The molecule has 3 rings (SSSR count). The molecule has 1 aliphatic carbocycles. The molecule has 6 heteroatoms. The van der Waals surface area contributed by atoms with Gasteiger partial charge in [0.1, 0.15) is 0 Å². The van der Waals surface area contributed by atoms with Crippen LogP contribution in [0.15, 0.2) is 36.7 Å². The van der Waals surface area contributed by atoms with Gasteiger partial charge in [0.25, 0.3) is 0 Å². The van der Waals surface area contributed by atoms with Crippen molar-refractivity contribution >= 4 is 10.0 Å². The Morgan fingerprint density at radius 2 is 2.04 bits per heavy atom. The van der Waals surface area contributed by atoms with E-state index in [-0.39, 0.29) is 11.8 Å². The van der Waals surface area contributed by atoms with Gasteiger partial charge >= 0.3 is 0 Å². The standard InChI is InChI=1S/C19H21N3O2S/c1-3-25(23,24)22-19(14-4-5-14)18-9-17(11-21-12-18)15-6-7-16(10-20)13(2)8-15/h6-9,11-12,14,19,22H,3-5H2,1-2H3/t19-/m1/s1. The zero-order valence-electron chi connectivity index (χ0n) is 14.4. The van der Waals surface area contributed by atoms with Crippen molar-refractivity contribution in [2.45, 2.75) is 32.7 Å². The van der Waals surface area contributed by atoms with E-state index in [0.717, 1.165) is 35.1 Å². The molecule has 0 aliphatic heterocycles. The first-order valence-corrected chi connectivity index (χ1v) is 10.0. The number of pyridine rings is 1. The normalized spacial score (nSPS) is 15.6. The summed E-state index contributed by atoms with van der Waals surface area (Å²) in [6.45, 7) is 3.54. The molecule has 0 bridgehead atoms. The summed E-state index contributed by atoms with van der Waals surface area (Å²) in [4.78, 5) is 4.32. The van der Waals surface area contributed by atoms with E-state index in [1.165, 1.54) is 0 Å². The maximum absolute atomic E-state index is 12.0. The molecule has 0 unspecified atom stereocenters. The van der Waals surface area contributed by atoms with Crippen LogP contribution in [0.3, 0.4) is 0 Å². The fourth-order valence-corrected chi connectivity index (χ4v) is 3.78. The van der Waals surface area contributed by atoms with Crippen LogP contribution in [0.4, 0.5) is 0 Å². The Bertz CT molecular complexity index is 928. The van der Waals surface area contributed by atoms with Crippen LogP contribution in [0.25, 0.3) is 11.1 Å². The molecule has 5 nitrogen and oxygen atoms in total. The Morgan fingerprint density at radius 3 is 2.64 bits per heavy atom. The van der Waals surface area contributed by atoms with Gasteiger partial charge in [-0.15, -0.1) is 0 Å². The lowest BCUT2D eigenvalue weighted by atomic mass is 9.98. The average molecular weight is 355 g/mol. The summed E-state index contributed by atoms with van der Waals surface area (Å²) < 4.78 is 26.9. The van der Waals surface area contributed by atoms with Crippen LogP contribution >= 0.6 is 0 Å². The Labute approximate surface area is 148 Å². The van der Waals surface area contributed by atoms with Gasteiger partial charge in [0.2, 0.25) is 10.0 Å². The van der Waals surface area contributed by atoms with Crippen molar-refractivity contribution in [1.82, 2.24) is 9.71 Å². The minimum atomic E-state index is -3.28. The highest BCUT2D eigenvalue weighted by Crippen LogP contribution is 2.41. The zero-order valence-corrected chi connectivity index (χ0v) is 15.2. The monoisotopic (exact) mass is 355 g/mol. The molecule has 1 aromatic carbocycles. The highest BCUT2D eigenvalue weighted by molar-refractivity contribution is 7.89. The van der Waals surface area contributed by atoms with Crippen LogP contribution in [0.2, 0.25) is 0 Å². The first-order chi connectivity index (χ1) is 11.9. The van der Waals surface area contributed by atoms with Crippen molar-refractivity contribution in [3.63, 3.8) is 0 Å². The van der Waals surface area contributed by atoms with Gasteiger partial charge in [0.15, 0.2) is 0 Å². The largest absolute Gasteiger partial charge is 0.264 e. The van der Waals surface area contributed by atoms with Crippen LogP contribution in [0.5, 0.6) is 0 Å². The first-order valence-electron chi connectivity index (χ1n) is 8.39. The van der Waals surface area contributed by atoms with Crippen LogP contribution in [-0.4, -0.2) is 19.2 Å². The number of hydrogen-bond donors (Lipinski definition) is 1. The summed E-state index contributed by atoms with van der Waals surface area (Å²) in [5, 5.41) is 9.07. The maximum atomic E-state index is 12.0. The molecule has 1 heterocycles. The molecule has 130 valence electrons. The number of nitriles is 1. The quantitative estimate of drug-likeness (QED) is 0.861. The molecule has 1 saturated carbocycles. The van der Waals surface area contributed by atoms with Crippen LogP contribution in [0.1, 0.15) is 42.5 Å². The zero-order chi connectivity index (χ0) is 18.0. The second kappa shape index (κ2) is 6.95. The highest BCUT2D eigenvalue weighted by Gasteiger charge is 2.35. The molecular weight excluding hydrogens is 334 g/mol. The minimum Gasteiger partial charge on any atom is -0.264 e. The lowest BCUT2D eigenvalue weighted by Gasteiger charge is -2.19. The fraction of sp³-hybridized carbons (Fsp3) is 0.368. The van der Waals surface area contributed by atoms with Gasteiger partial charge in [0, 0.05) is 18.0 Å². The predicted molar refractivity (Wildman–Crippen MR) is 97.2 cm³/mol. The molecule has 1 aliphatic rings. The van der Waals surface area contributed by atoms with E-state index in [1.54, 1.807) is 25.4 Å². The van der Waals surface area contributed by atoms with E-state index in [4.69, 9.17) is 5.26 Å². The Kier molecular flexibility index (Phi) is 4.89. The summed E-state index contributed by atoms with van der Waals surface area (Å²) in [5.74, 6) is 0.402. The average Bonchev–Trinajstić information content (AvgIpc) is 3.45. The summed E-state index contributed by atoms with van der Waals surface area (Å²) >= 11 is 0. The highest BCUT2D eigenvalue weighted by atomic mass is 32.2. The van der Waals surface area contributed by atoms with Crippen molar-refractivity contribution in [2.75, 3.05) is 5.75 Å². The number of aromatic nitrogens is 1. The second-order valence-electron chi connectivity index (χ2n) is 6.48. The van der Waals surface area contributed by atoms with E-state index >= 15 is 0 Å². The van der Waals surface area contributed by atoms with Crippen LogP contribution in [0, 0.1) is 24.2 Å².